The summed E-state index contributed by atoms with van der Waals surface area (Å²) < 4.78 is 25.4. The van der Waals surface area contributed by atoms with E-state index >= 15 is 0 Å². The molecule has 1 saturated carbocycles. The Morgan fingerprint density at radius 1 is 1.36 bits per heavy atom. The zero-order valence-corrected chi connectivity index (χ0v) is 8.60. The molecule has 1 fully saturated rings. The lowest BCUT2D eigenvalue weighted by Crippen LogP contribution is -2.22. The van der Waals surface area contributed by atoms with Gasteiger partial charge in [0.25, 0.3) is 0 Å². The van der Waals surface area contributed by atoms with Gasteiger partial charge in [-0.1, -0.05) is 6.58 Å². The van der Waals surface area contributed by atoms with Crippen molar-refractivity contribution in [2.45, 2.75) is 45.0 Å². The van der Waals surface area contributed by atoms with E-state index in [9.17, 15) is 8.78 Å². The summed E-state index contributed by atoms with van der Waals surface area (Å²) in [7, 11) is 0. The molecule has 0 unspecified atom stereocenters. The summed E-state index contributed by atoms with van der Waals surface area (Å²) >= 11 is 0. The number of aliphatic hydroxyl groups is 1. The zero-order chi connectivity index (χ0) is 10.8. The van der Waals surface area contributed by atoms with E-state index < -0.39 is 5.92 Å². The Morgan fingerprint density at radius 2 is 1.86 bits per heavy atom. The van der Waals surface area contributed by atoms with Gasteiger partial charge in [0.1, 0.15) is 0 Å². The number of rotatable bonds is 3. The third kappa shape index (κ3) is 3.64. The first-order chi connectivity index (χ1) is 6.38. The molecule has 0 aromatic rings. The summed E-state index contributed by atoms with van der Waals surface area (Å²) in [4.78, 5) is 0. The summed E-state index contributed by atoms with van der Waals surface area (Å²) in [5.74, 6) is -2.08. The summed E-state index contributed by atoms with van der Waals surface area (Å²) in [5, 5.41) is 9.15. The van der Waals surface area contributed by atoms with Crippen molar-refractivity contribution in [2.24, 2.45) is 11.8 Å². The maximum atomic E-state index is 12.7. The summed E-state index contributed by atoms with van der Waals surface area (Å²) in [6.07, 6.45) is 3.16. The highest BCUT2D eigenvalue weighted by molar-refractivity contribution is 4.91. The van der Waals surface area contributed by atoms with Gasteiger partial charge in [-0.25, -0.2) is 8.78 Å². The maximum Gasteiger partial charge on any atom is 0.245 e. The first kappa shape index (κ1) is 11.5. The van der Waals surface area contributed by atoms with Crippen LogP contribution in [0.4, 0.5) is 8.78 Å². The predicted molar refractivity (Wildman–Crippen MR) is 52.5 cm³/mol. The molecule has 1 aliphatic rings. The number of aliphatic hydroxyl groups excluding tert-OH is 1. The molecule has 1 N–H and O–H groups in total. The Kier molecular flexibility index (Phi) is 3.51. The van der Waals surface area contributed by atoms with E-state index in [0.29, 0.717) is 0 Å². The normalized spacial score (nSPS) is 28.8. The van der Waals surface area contributed by atoms with Gasteiger partial charge in [-0.15, -0.1) is 0 Å². The Bertz CT molecular complexity index is 200. The Balaban J connectivity index is 2.33. The van der Waals surface area contributed by atoms with Crippen LogP contribution in [0, 0.1) is 11.8 Å². The van der Waals surface area contributed by atoms with Gasteiger partial charge >= 0.3 is 0 Å². The minimum atomic E-state index is -2.55. The van der Waals surface area contributed by atoms with Gasteiger partial charge in [0.15, 0.2) is 0 Å². The van der Waals surface area contributed by atoms with Gasteiger partial charge in [-0.05, 0) is 38.5 Å². The SMILES string of the molecule is C=C(O)C1CCC(CC(C)(F)F)CC1. The monoisotopic (exact) mass is 204 g/mol. The van der Waals surface area contributed by atoms with E-state index in [-0.39, 0.29) is 24.0 Å². The van der Waals surface area contributed by atoms with Crippen molar-refractivity contribution in [1.29, 1.82) is 0 Å². The van der Waals surface area contributed by atoms with Crippen LogP contribution >= 0.6 is 0 Å². The number of alkyl halides is 2. The van der Waals surface area contributed by atoms with E-state index in [1.165, 1.54) is 0 Å². The Morgan fingerprint density at radius 3 is 2.21 bits per heavy atom. The van der Waals surface area contributed by atoms with Crippen molar-refractivity contribution in [2.75, 3.05) is 0 Å². The molecule has 0 atom stereocenters. The van der Waals surface area contributed by atoms with Crippen LogP contribution in [0.5, 0.6) is 0 Å². The molecule has 3 heteroatoms. The molecule has 0 spiro atoms. The first-order valence-electron chi connectivity index (χ1n) is 5.14. The molecular weight excluding hydrogens is 186 g/mol. The fourth-order valence-electron chi connectivity index (χ4n) is 2.21. The molecule has 1 nitrogen and oxygen atoms in total. The second kappa shape index (κ2) is 4.28. The molecular formula is C11H18F2O. The largest absolute Gasteiger partial charge is 0.513 e. The van der Waals surface area contributed by atoms with Crippen LogP contribution in [-0.4, -0.2) is 11.0 Å². The van der Waals surface area contributed by atoms with Crippen LogP contribution in [0.2, 0.25) is 0 Å². The standard InChI is InChI=1S/C11H18F2O/c1-8(14)10-5-3-9(4-6-10)7-11(2,12)13/h9-10,14H,1,3-7H2,2H3. The van der Waals surface area contributed by atoms with Crippen LogP contribution in [0.1, 0.15) is 39.0 Å². The summed E-state index contributed by atoms with van der Waals surface area (Å²) in [6, 6.07) is 0. The van der Waals surface area contributed by atoms with E-state index in [0.717, 1.165) is 32.6 Å². The minimum absolute atomic E-state index is 0.0162. The van der Waals surface area contributed by atoms with Crippen molar-refractivity contribution in [3.8, 4) is 0 Å². The van der Waals surface area contributed by atoms with Gasteiger partial charge < -0.3 is 5.11 Å². The van der Waals surface area contributed by atoms with Crippen molar-refractivity contribution >= 4 is 0 Å². The molecule has 0 saturated heterocycles. The second-order valence-electron chi connectivity index (χ2n) is 4.48. The van der Waals surface area contributed by atoms with Gasteiger partial charge in [-0.2, -0.15) is 0 Å². The molecule has 14 heavy (non-hydrogen) atoms. The zero-order valence-electron chi connectivity index (χ0n) is 8.60. The van der Waals surface area contributed by atoms with Gasteiger partial charge in [0.2, 0.25) is 5.92 Å². The average molecular weight is 204 g/mol. The quantitative estimate of drug-likeness (QED) is 0.691. The smallest absolute Gasteiger partial charge is 0.245 e. The number of allylic oxidation sites excluding steroid dienone is 1. The lowest BCUT2D eigenvalue weighted by molar-refractivity contribution is -0.0107. The van der Waals surface area contributed by atoms with Crippen LogP contribution < -0.4 is 0 Å². The van der Waals surface area contributed by atoms with E-state index in [1.54, 1.807) is 0 Å². The van der Waals surface area contributed by atoms with Crippen LogP contribution in [0.3, 0.4) is 0 Å². The highest BCUT2D eigenvalue weighted by atomic mass is 19.3. The van der Waals surface area contributed by atoms with Gasteiger partial charge in [-0.3, -0.25) is 0 Å². The number of hydrogen-bond donors (Lipinski definition) is 1. The molecule has 0 aliphatic heterocycles. The number of hydrogen-bond acceptors (Lipinski definition) is 1. The molecule has 0 aromatic heterocycles. The van der Waals surface area contributed by atoms with E-state index in [4.69, 9.17) is 5.11 Å². The molecule has 1 rings (SSSR count). The molecule has 0 radical (unpaired) electrons. The Labute approximate surface area is 83.8 Å². The predicted octanol–water partition coefficient (Wildman–Crippen LogP) is 3.91. The van der Waals surface area contributed by atoms with Crippen LogP contribution in [0.15, 0.2) is 12.3 Å². The summed E-state index contributed by atoms with van der Waals surface area (Å²) in [6.45, 7) is 4.46. The third-order valence-corrected chi connectivity index (χ3v) is 2.97. The topological polar surface area (TPSA) is 20.2 Å². The molecule has 0 bridgehead atoms. The molecule has 0 heterocycles. The minimum Gasteiger partial charge on any atom is -0.513 e. The Hall–Kier alpha value is -0.600. The van der Waals surface area contributed by atoms with Crippen molar-refractivity contribution in [1.82, 2.24) is 0 Å². The average Bonchev–Trinajstić information content (AvgIpc) is 2.02. The second-order valence-corrected chi connectivity index (χ2v) is 4.48. The van der Waals surface area contributed by atoms with Gasteiger partial charge in [0, 0.05) is 12.3 Å². The molecule has 1 aliphatic carbocycles. The lowest BCUT2D eigenvalue weighted by atomic mass is 9.79. The van der Waals surface area contributed by atoms with E-state index in [1.807, 2.05) is 0 Å². The van der Waals surface area contributed by atoms with Crippen LogP contribution in [-0.2, 0) is 0 Å². The van der Waals surface area contributed by atoms with Gasteiger partial charge in [0.05, 0.1) is 5.76 Å². The molecule has 0 amide bonds. The van der Waals surface area contributed by atoms with Crippen molar-refractivity contribution < 1.29 is 13.9 Å². The fraction of sp³-hybridized carbons (Fsp3) is 0.818. The number of halogens is 2. The highest BCUT2D eigenvalue weighted by Crippen LogP contribution is 2.37. The lowest BCUT2D eigenvalue weighted by Gasteiger charge is -2.29. The van der Waals surface area contributed by atoms with Crippen molar-refractivity contribution in [3.63, 3.8) is 0 Å². The highest BCUT2D eigenvalue weighted by Gasteiger charge is 2.30. The first-order valence-corrected chi connectivity index (χ1v) is 5.14. The maximum absolute atomic E-state index is 12.7. The van der Waals surface area contributed by atoms with Crippen LogP contribution in [0.25, 0.3) is 0 Å². The van der Waals surface area contributed by atoms with E-state index in [2.05, 4.69) is 6.58 Å². The molecule has 0 aromatic carbocycles. The third-order valence-electron chi connectivity index (χ3n) is 2.97. The molecule has 82 valence electrons. The summed E-state index contributed by atoms with van der Waals surface area (Å²) in [5.41, 5.74) is 0. The fourth-order valence-corrected chi connectivity index (χ4v) is 2.21. The van der Waals surface area contributed by atoms with Crippen molar-refractivity contribution in [3.05, 3.63) is 12.3 Å².